The van der Waals surface area contributed by atoms with Crippen molar-refractivity contribution in [3.8, 4) is 5.88 Å². The number of aromatic nitrogens is 1. The van der Waals surface area contributed by atoms with Gasteiger partial charge < -0.3 is 10.1 Å². The van der Waals surface area contributed by atoms with Crippen molar-refractivity contribution in [3.63, 3.8) is 0 Å². The highest BCUT2D eigenvalue weighted by atomic mass is 19.4. The Balaban J connectivity index is 2.58. The smallest absolute Gasteiger partial charge is 0.391 e. The monoisotopic (exact) mass is 248 g/mol. The average molecular weight is 248 g/mol. The van der Waals surface area contributed by atoms with Crippen molar-refractivity contribution in [1.82, 2.24) is 4.98 Å². The van der Waals surface area contributed by atoms with E-state index in [0.29, 0.717) is 18.3 Å². The molecule has 17 heavy (non-hydrogen) atoms. The van der Waals surface area contributed by atoms with Gasteiger partial charge in [-0.2, -0.15) is 18.2 Å². The van der Waals surface area contributed by atoms with Crippen molar-refractivity contribution >= 4 is 5.82 Å². The van der Waals surface area contributed by atoms with E-state index in [9.17, 15) is 13.2 Å². The summed E-state index contributed by atoms with van der Waals surface area (Å²) in [5.41, 5.74) is 0. The molecule has 0 amide bonds. The molecule has 1 aromatic heterocycles. The van der Waals surface area contributed by atoms with Crippen molar-refractivity contribution in [2.75, 3.05) is 11.9 Å². The number of pyridine rings is 1. The highest BCUT2D eigenvalue weighted by molar-refractivity contribution is 5.37. The van der Waals surface area contributed by atoms with Crippen molar-refractivity contribution in [3.05, 3.63) is 18.2 Å². The minimum absolute atomic E-state index is 0.382. The predicted molar refractivity (Wildman–Crippen MR) is 59.2 cm³/mol. The summed E-state index contributed by atoms with van der Waals surface area (Å²) >= 11 is 0. The topological polar surface area (TPSA) is 34.1 Å². The number of alkyl halides is 3. The Morgan fingerprint density at radius 1 is 1.41 bits per heavy atom. The van der Waals surface area contributed by atoms with Gasteiger partial charge in [-0.15, -0.1) is 0 Å². The first-order valence-electron chi connectivity index (χ1n) is 5.34. The molecule has 1 atom stereocenters. The highest BCUT2D eigenvalue weighted by Crippen LogP contribution is 2.23. The Kier molecular flexibility index (Phi) is 4.60. The van der Waals surface area contributed by atoms with Gasteiger partial charge in [-0.25, -0.2) is 0 Å². The van der Waals surface area contributed by atoms with Crippen LogP contribution in [0.2, 0.25) is 0 Å². The molecule has 0 aliphatic heterocycles. The summed E-state index contributed by atoms with van der Waals surface area (Å²) in [6.45, 7) is 3.74. The van der Waals surface area contributed by atoms with E-state index in [0.717, 1.165) is 0 Å². The third-order valence-electron chi connectivity index (χ3n) is 1.95. The molecule has 6 heteroatoms. The zero-order valence-electron chi connectivity index (χ0n) is 9.71. The number of ether oxygens (including phenoxy) is 1. The molecule has 0 bridgehead atoms. The van der Waals surface area contributed by atoms with Gasteiger partial charge in [0.2, 0.25) is 5.88 Å². The molecule has 0 saturated carbocycles. The Morgan fingerprint density at radius 2 is 2.12 bits per heavy atom. The second kappa shape index (κ2) is 5.75. The van der Waals surface area contributed by atoms with Crippen molar-refractivity contribution in [2.24, 2.45) is 0 Å². The summed E-state index contributed by atoms with van der Waals surface area (Å²) in [6, 6.07) is 4.22. The Labute approximate surface area is 98.0 Å². The van der Waals surface area contributed by atoms with Gasteiger partial charge in [0.25, 0.3) is 0 Å². The Morgan fingerprint density at radius 3 is 2.71 bits per heavy atom. The fourth-order valence-electron chi connectivity index (χ4n) is 1.37. The number of hydrogen-bond acceptors (Lipinski definition) is 3. The molecule has 1 N–H and O–H groups in total. The van der Waals surface area contributed by atoms with Crippen LogP contribution in [-0.2, 0) is 0 Å². The summed E-state index contributed by atoms with van der Waals surface area (Å²) in [4.78, 5) is 4.03. The molecule has 0 aliphatic rings. The van der Waals surface area contributed by atoms with Gasteiger partial charge in [-0.1, -0.05) is 6.07 Å². The van der Waals surface area contributed by atoms with Crippen LogP contribution < -0.4 is 10.1 Å². The molecule has 1 aromatic rings. The lowest BCUT2D eigenvalue weighted by atomic mass is 10.2. The van der Waals surface area contributed by atoms with Crippen LogP contribution >= 0.6 is 0 Å². The summed E-state index contributed by atoms with van der Waals surface area (Å²) in [7, 11) is 0. The standard InChI is InChI=1S/C11H15F3N2O/c1-3-17-10-6-4-5-9(16-10)15-8(2)7-11(12,13)14/h4-6,8H,3,7H2,1-2H3,(H,15,16). The van der Waals surface area contributed by atoms with E-state index in [1.165, 1.54) is 6.92 Å². The quantitative estimate of drug-likeness (QED) is 0.868. The molecule has 0 spiro atoms. The largest absolute Gasteiger partial charge is 0.478 e. The molecule has 0 fully saturated rings. The van der Waals surface area contributed by atoms with E-state index < -0.39 is 18.6 Å². The van der Waals surface area contributed by atoms with Crippen LogP contribution in [0.25, 0.3) is 0 Å². The first kappa shape index (κ1) is 13.6. The first-order valence-corrected chi connectivity index (χ1v) is 5.34. The van der Waals surface area contributed by atoms with E-state index in [4.69, 9.17) is 4.74 Å². The molecule has 1 rings (SSSR count). The SMILES string of the molecule is CCOc1cccc(NC(C)CC(F)(F)F)n1. The molecule has 1 heterocycles. The van der Waals surface area contributed by atoms with E-state index in [-0.39, 0.29) is 0 Å². The third kappa shape index (κ3) is 5.42. The van der Waals surface area contributed by atoms with E-state index in [1.807, 2.05) is 6.92 Å². The van der Waals surface area contributed by atoms with Gasteiger partial charge >= 0.3 is 6.18 Å². The Hall–Kier alpha value is -1.46. The van der Waals surface area contributed by atoms with Crippen LogP contribution in [0, 0.1) is 0 Å². The van der Waals surface area contributed by atoms with Crippen LogP contribution in [0.3, 0.4) is 0 Å². The van der Waals surface area contributed by atoms with E-state index in [2.05, 4.69) is 10.3 Å². The molecule has 96 valence electrons. The zero-order valence-corrected chi connectivity index (χ0v) is 9.71. The minimum atomic E-state index is -4.18. The maximum atomic E-state index is 12.1. The highest BCUT2D eigenvalue weighted by Gasteiger charge is 2.30. The van der Waals surface area contributed by atoms with Crippen LogP contribution in [0.1, 0.15) is 20.3 Å². The second-order valence-corrected chi connectivity index (χ2v) is 3.66. The van der Waals surface area contributed by atoms with Crippen LogP contribution in [0.5, 0.6) is 5.88 Å². The van der Waals surface area contributed by atoms with Gasteiger partial charge in [0.15, 0.2) is 0 Å². The fraction of sp³-hybridized carbons (Fsp3) is 0.545. The third-order valence-corrected chi connectivity index (χ3v) is 1.95. The van der Waals surface area contributed by atoms with E-state index in [1.54, 1.807) is 18.2 Å². The molecule has 3 nitrogen and oxygen atoms in total. The minimum Gasteiger partial charge on any atom is -0.478 e. The molecule has 0 saturated heterocycles. The summed E-state index contributed by atoms with van der Waals surface area (Å²) in [6.07, 6.45) is -5.07. The molecular weight excluding hydrogens is 233 g/mol. The van der Waals surface area contributed by atoms with Crippen LogP contribution in [0.4, 0.5) is 19.0 Å². The average Bonchev–Trinajstić information content (AvgIpc) is 2.15. The number of nitrogens with zero attached hydrogens (tertiary/aromatic N) is 1. The number of rotatable bonds is 5. The predicted octanol–water partition coefficient (Wildman–Crippen LogP) is 3.23. The number of nitrogens with one attached hydrogen (secondary N) is 1. The normalized spacial score (nSPS) is 13.2. The summed E-state index contributed by atoms with van der Waals surface area (Å²) < 4.78 is 41.5. The van der Waals surface area contributed by atoms with Crippen molar-refractivity contribution < 1.29 is 17.9 Å². The summed E-state index contributed by atoms with van der Waals surface area (Å²) in [5, 5.41) is 2.69. The molecule has 0 aromatic carbocycles. The van der Waals surface area contributed by atoms with Gasteiger partial charge in [-0.3, -0.25) is 0 Å². The lowest BCUT2D eigenvalue weighted by Crippen LogP contribution is -2.24. The molecule has 1 unspecified atom stereocenters. The molecular formula is C11H15F3N2O. The lowest BCUT2D eigenvalue weighted by molar-refractivity contribution is -0.136. The van der Waals surface area contributed by atoms with Crippen LogP contribution in [-0.4, -0.2) is 23.8 Å². The summed E-state index contributed by atoms with van der Waals surface area (Å²) in [5.74, 6) is 0.782. The second-order valence-electron chi connectivity index (χ2n) is 3.66. The van der Waals surface area contributed by atoms with Crippen molar-refractivity contribution in [2.45, 2.75) is 32.5 Å². The zero-order chi connectivity index (χ0) is 12.9. The Bertz CT molecular complexity index is 355. The van der Waals surface area contributed by atoms with Crippen molar-refractivity contribution in [1.29, 1.82) is 0 Å². The number of hydrogen-bond donors (Lipinski definition) is 1. The van der Waals surface area contributed by atoms with Gasteiger partial charge in [0.05, 0.1) is 13.0 Å². The van der Waals surface area contributed by atoms with Gasteiger partial charge in [0, 0.05) is 12.1 Å². The van der Waals surface area contributed by atoms with Gasteiger partial charge in [-0.05, 0) is 19.9 Å². The number of halogens is 3. The van der Waals surface area contributed by atoms with Crippen LogP contribution in [0.15, 0.2) is 18.2 Å². The lowest BCUT2D eigenvalue weighted by Gasteiger charge is -2.16. The van der Waals surface area contributed by atoms with Gasteiger partial charge in [0.1, 0.15) is 5.82 Å². The maximum absolute atomic E-state index is 12.1. The molecule has 0 radical (unpaired) electrons. The fourth-order valence-corrected chi connectivity index (χ4v) is 1.37. The first-order chi connectivity index (χ1) is 7.90. The molecule has 0 aliphatic carbocycles. The maximum Gasteiger partial charge on any atom is 0.391 e. The number of anilines is 1. The van der Waals surface area contributed by atoms with E-state index >= 15 is 0 Å².